The van der Waals surface area contributed by atoms with Crippen LogP contribution in [0.5, 0.6) is 5.75 Å². The molecule has 0 radical (unpaired) electrons. The Balaban J connectivity index is 1.68. The number of nitrogens with zero attached hydrogens (tertiary/aromatic N) is 1. The van der Waals surface area contributed by atoms with E-state index in [4.69, 9.17) is 10.5 Å². The Morgan fingerprint density at radius 2 is 1.79 bits per heavy atom. The summed E-state index contributed by atoms with van der Waals surface area (Å²) in [5, 5.41) is 2.74. The van der Waals surface area contributed by atoms with Crippen LogP contribution in [0, 0.1) is 0 Å². The van der Waals surface area contributed by atoms with E-state index < -0.39 is 21.8 Å². The summed E-state index contributed by atoms with van der Waals surface area (Å²) in [6.07, 6.45) is 0.575. The number of anilines is 2. The number of methoxy groups -OCH3 is 1. The number of fused-ring (bicyclic) bond motifs is 1. The molecular formula is C24H23N3O5S. The van der Waals surface area contributed by atoms with E-state index in [1.165, 1.54) is 29.6 Å². The molecule has 0 atom stereocenters. The van der Waals surface area contributed by atoms with Gasteiger partial charge in [0.25, 0.3) is 15.9 Å². The first-order chi connectivity index (χ1) is 15.8. The molecule has 0 aliphatic carbocycles. The molecule has 1 heterocycles. The third-order valence-corrected chi connectivity index (χ3v) is 7.29. The summed E-state index contributed by atoms with van der Waals surface area (Å²) >= 11 is 0. The molecule has 0 bridgehead atoms. The van der Waals surface area contributed by atoms with E-state index in [2.05, 4.69) is 5.32 Å². The molecule has 9 heteroatoms. The summed E-state index contributed by atoms with van der Waals surface area (Å²) in [5.41, 5.74) is 7.91. The molecule has 4 rings (SSSR count). The van der Waals surface area contributed by atoms with Crippen molar-refractivity contribution >= 4 is 33.2 Å². The quantitative estimate of drug-likeness (QED) is 0.556. The Bertz CT molecular complexity index is 1340. The van der Waals surface area contributed by atoms with Gasteiger partial charge in [-0.3, -0.25) is 13.9 Å². The van der Waals surface area contributed by atoms with Gasteiger partial charge >= 0.3 is 0 Å². The largest absolute Gasteiger partial charge is 0.496 e. The summed E-state index contributed by atoms with van der Waals surface area (Å²) < 4.78 is 33.5. The second-order valence-electron chi connectivity index (χ2n) is 7.57. The first-order valence-electron chi connectivity index (χ1n) is 10.3. The van der Waals surface area contributed by atoms with E-state index in [0.29, 0.717) is 29.9 Å². The SMILES string of the molecule is COc1ccc(S(=O)(=O)N2CCc3ccccc32)cc1C(=O)Nc1ccccc1CC(N)=O. The minimum Gasteiger partial charge on any atom is -0.496 e. The van der Waals surface area contributed by atoms with E-state index in [1.54, 1.807) is 36.4 Å². The normalized spacial score (nSPS) is 12.8. The molecular weight excluding hydrogens is 442 g/mol. The van der Waals surface area contributed by atoms with Crippen molar-refractivity contribution in [3.8, 4) is 5.75 Å². The number of hydrogen-bond donors (Lipinski definition) is 2. The molecule has 0 unspecified atom stereocenters. The van der Waals surface area contributed by atoms with Gasteiger partial charge in [0.15, 0.2) is 0 Å². The molecule has 3 N–H and O–H groups in total. The Morgan fingerprint density at radius 3 is 2.55 bits per heavy atom. The first kappa shape index (κ1) is 22.3. The number of para-hydroxylation sites is 2. The fraction of sp³-hybridized carbons (Fsp3) is 0.167. The molecule has 0 fully saturated rings. The van der Waals surface area contributed by atoms with Crippen LogP contribution in [0.1, 0.15) is 21.5 Å². The van der Waals surface area contributed by atoms with Gasteiger partial charge in [-0.25, -0.2) is 8.42 Å². The number of nitrogens with one attached hydrogen (secondary N) is 1. The minimum atomic E-state index is -3.89. The lowest BCUT2D eigenvalue weighted by Crippen LogP contribution is -2.29. The first-order valence-corrected chi connectivity index (χ1v) is 11.7. The number of benzene rings is 3. The van der Waals surface area contributed by atoms with Gasteiger partial charge in [0, 0.05) is 12.2 Å². The van der Waals surface area contributed by atoms with Crippen LogP contribution < -0.4 is 20.1 Å². The van der Waals surface area contributed by atoms with Gasteiger partial charge in [0.2, 0.25) is 5.91 Å². The molecule has 2 amide bonds. The van der Waals surface area contributed by atoms with Crippen molar-refractivity contribution in [2.45, 2.75) is 17.7 Å². The van der Waals surface area contributed by atoms with Gasteiger partial charge in [-0.2, -0.15) is 0 Å². The van der Waals surface area contributed by atoms with Crippen LogP contribution >= 0.6 is 0 Å². The van der Waals surface area contributed by atoms with Gasteiger partial charge < -0.3 is 15.8 Å². The molecule has 1 aliphatic rings. The highest BCUT2D eigenvalue weighted by Gasteiger charge is 2.31. The highest BCUT2D eigenvalue weighted by atomic mass is 32.2. The summed E-state index contributed by atoms with van der Waals surface area (Å²) in [6, 6.07) is 18.3. The second-order valence-corrected chi connectivity index (χ2v) is 9.43. The Kier molecular flexibility index (Phi) is 6.06. The molecule has 33 heavy (non-hydrogen) atoms. The smallest absolute Gasteiger partial charge is 0.264 e. The summed E-state index contributed by atoms with van der Waals surface area (Å²) in [6.45, 7) is 0.329. The average Bonchev–Trinajstić information content (AvgIpc) is 3.24. The third-order valence-electron chi connectivity index (χ3n) is 5.48. The van der Waals surface area contributed by atoms with Crippen molar-refractivity contribution in [2.75, 3.05) is 23.3 Å². The number of hydrogen-bond acceptors (Lipinski definition) is 5. The number of nitrogens with two attached hydrogens (primary N) is 1. The fourth-order valence-electron chi connectivity index (χ4n) is 3.88. The van der Waals surface area contributed by atoms with Crippen molar-refractivity contribution in [3.05, 3.63) is 83.4 Å². The van der Waals surface area contributed by atoms with Gasteiger partial charge in [-0.05, 0) is 47.9 Å². The van der Waals surface area contributed by atoms with Crippen molar-refractivity contribution in [1.29, 1.82) is 0 Å². The zero-order valence-corrected chi connectivity index (χ0v) is 18.8. The number of ether oxygens (including phenoxy) is 1. The van der Waals surface area contributed by atoms with Gasteiger partial charge in [-0.15, -0.1) is 0 Å². The summed E-state index contributed by atoms with van der Waals surface area (Å²) in [7, 11) is -2.49. The highest BCUT2D eigenvalue weighted by Crippen LogP contribution is 2.34. The van der Waals surface area contributed by atoms with Crippen molar-refractivity contribution < 1.29 is 22.7 Å². The van der Waals surface area contributed by atoms with Crippen molar-refractivity contribution in [1.82, 2.24) is 0 Å². The number of amides is 2. The lowest BCUT2D eigenvalue weighted by molar-refractivity contribution is -0.117. The second kappa shape index (κ2) is 8.95. The molecule has 1 aliphatic heterocycles. The number of carbonyl (C=O) groups is 2. The topological polar surface area (TPSA) is 119 Å². The monoisotopic (exact) mass is 465 g/mol. The maximum Gasteiger partial charge on any atom is 0.264 e. The van der Waals surface area contributed by atoms with Gasteiger partial charge in [-0.1, -0.05) is 36.4 Å². The number of primary amides is 1. The van der Waals surface area contributed by atoms with Crippen LogP contribution in [0.3, 0.4) is 0 Å². The zero-order chi connectivity index (χ0) is 23.6. The molecule has 3 aromatic rings. The van der Waals surface area contributed by atoms with Gasteiger partial charge in [0.1, 0.15) is 5.75 Å². The fourth-order valence-corrected chi connectivity index (χ4v) is 5.41. The molecule has 0 aromatic heterocycles. The van der Waals surface area contributed by atoms with E-state index >= 15 is 0 Å². The Morgan fingerprint density at radius 1 is 1.06 bits per heavy atom. The predicted molar refractivity (Wildman–Crippen MR) is 125 cm³/mol. The molecule has 170 valence electrons. The van der Waals surface area contributed by atoms with E-state index in [1.807, 2.05) is 12.1 Å². The van der Waals surface area contributed by atoms with Gasteiger partial charge in [0.05, 0.1) is 29.7 Å². The van der Waals surface area contributed by atoms with Crippen molar-refractivity contribution in [2.24, 2.45) is 5.73 Å². The molecule has 0 spiro atoms. The third kappa shape index (κ3) is 4.40. The van der Waals surface area contributed by atoms with E-state index in [0.717, 1.165) is 5.56 Å². The van der Waals surface area contributed by atoms with E-state index in [9.17, 15) is 18.0 Å². The molecule has 8 nitrogen and oxygen atoms in total. The summed E-state index contributed by atoms with van der Waals surface area (Å²) in [5.74, 6) is -0.878. The van der Waals surface area contributed by atoms with Crippen LogP contribution in [-0.4, -0.2) is 33.9 Å². The lowest BCUT2D eigenvalue weighted by atomic mass is 10.1. The van der Waals surface area contributed by atoms with Crippen LogP contribution in [-0.2, 0) is 27.7 Å². The predicted octanol–water partition coefficient (Wildman–Crippen LogP) is 2.73. The number of carbonyl (C=O) groups excluding carboxylic acids is 2. The van der Waals surface area contributed by atoms with E-state index in [-0.39, 0.29) is 22.6 Å². The molecule has 3 aromatic carbocycles. The minimum absolute atomic E-state index is 0.0180. The zero-order valence-electron chi connectivity index (χ0n) is 17.9. The van der Waals surface area contributed by atoms with Crippen LogP contribution in [0.2, 0.25) is 0 Å². The average molecular weight is 466 g/mol. The number of rotatable bonds is 7. The lowest BCUT2D eigenvalue weighted by Gasteiger charge is -2.20. The molecule has 0 saturated carbocycles. The van der Waals surface area contributed by atoms with Crippen LogP contribution in [0.25, 0.3) is 0 Å². The number of sulfonamides is 1. The van der Waals surface area contributed by atoms with Crippen LogP contribution in [0.4, 0.5) is 11.4 Å². The van der Waals surface area contributed by atoms with Crippen LogP contribution in [0.15, 0.2) is 71.6 Å². The Hall–Kier alpha value is -3.85. The standard InChI is InChI=1S/C24H23N3O5S/c1-32-22-11-10-18(33(30,31)27-13-12-16-6-3-5-9-21(16)27)15-19(22)24(29)26-20-8-4-2-7-17(20)14-23(25)28/h2-11,15H,12-14H2,1H3,(H2,25,28)(H,26,29). The highest BCUT2D eigenvalue weighted by molar-refractivity contribution is 7.92. The summed E-state index contributed by atoms with van der Waals surface area (Å²) in [4.78, 5) is 24.5. The maximum atomic E-state index is 13.4. The maximum absolute atomic E-state index is 13.4. The molecule has 0 saturated heterocycles. The Labute approximate surface area is 192 Å². The van der Waals surface area contributed by atoms with Crippen molar-refractivity contribution in [3.63, 3.8) is 0 Å².